The maximum absolute atomic E-state index is 13.9. The summed E-state index contributed by atoms with van der Waals surface area (Å²) in [7, 11) is -6.50. The van der Waals surface area contributed by atoms with E-state index in [-0.39, 0.29) is 49.5 Å². The second-order valence-corrected chi connectivity index (χ2v) is 17.9. The molecule has 0 saturated carbocycles. The highest BCUT2D eigenvalue weighted by atomic mass is 32.2. The third-order valence-electron chi connectivity index (χ3n) is 8.74. The standard InChI is InChI=1S/C37H55N2O14PS/c1-8-47-35(41)26(6)53-54(43,52-25(4)5)23-50-29-11-9-27(10-12-29)19-32(38-37(42)51-34-22-49-36-31(34)17-18-48-36)33(40)21-39(20-24(2)3)55(44,45)30-15-13-28(46-7)14-16-30/h9-16,24-26,31-34,36,40H,8,17-23H2,1-7H3,(H,38,42)/t26-,31+,32+,33-,34+,36-,54?/m1/s1. The number of ether oxygens (including phenoxy) is 6. The van der Waals surface area contributed by atoms with Crippen LogP contribution >= 0.6 is 7.60 Å². The first-order valence-corrected chi connectivity index (χ1v) is 21.6. The Morgan fingerprint density at radius 2 is 1.65 bits per heavy atom. The van der Waals surface area contributed by atoms with Gasteiger partial charge in [-0.05, 0) is 88.4 Å². The Bertz CT molecular complexity index is 1690. The van der Waals surface area contributed by atoms with Crippen LogP contribution in [0.5, 0.6) is 11.5 Å². The van der Waals surface area contributed by atoms with E-state index in [2.05, 4.69) is 5.32 Å². The van der Waals surface area contributed by atoms with Crippen molar-refractivity contribution in [3.05, 3.63) is 54.1 Å². The Morgan fingerprint density at radius 3 is 2.27 bits per heavy atom. The third-order valence-corrected chi connectivity index (χ3v) is 12.4. The summed E-state index contributed by atoms with van der Waals surface area (Å²) >= 11 is 0. The number of esters is 1. The molecule has 0 bridgehead atoms. The fourth-order valence-electron chi connectivity index (χ4n) is 6.14. The molecule has 2 aliphatic heterocycles. The first-order valence-electron chi connectivity index (χ1n) is 18.4. The Kier molecular flexibility index (Phi) is 16.3. The number of alkyl carbamates (subject to hydrolysis) is 1. The summed E-state index contributed by atoms with van der Waals surface area (Å²) in [6.07, 6.45) is -4.56. The number of carbonyl (C=O) groups is 2. The minimum Gasteiger partial charge on any atom is -0.497 e. The summed E-state index contributed by atoms with van der Waals surface area (Å²) in [5.41, 5.74) is 0.646. The van der Waals surface area contributed by atoms with Crippen LogP contribution < -0.4 is 14.8 Å². The van der Waals surface area contributed by atoms with Crippen LogP contribution in [0.25, 0.3) is 0 Å². The lowest BCUT2D eigenvalue weighted by Gasteiger charge is -2.31. The average Bonchev–Trinajstić information content (AvgIpc) is 3.75. The summed E-state index contributed by atoms with van der Waals surface area (Å²) in [6, 6.07) is 11.5. The van der Waals surface area contributed by atoms with Gasteiger partial charge in [0, 0.05) is 13.1 Å². The molecule has 2 saturated heterocycles. The fraction of sp³-hybridized carbons (Fsp3) is 0.622. The summed E-state index contributed by atoms with van der Waals surface area (Å²) < 4.78 is 86.2. The smallest absolute Gasteiger partial charge is 0.407 e. The normalized spacial score (nSPS) is 21.1. The SMILES string of the molecule is CCOC(=O)[C@@H](C)OP(=O)(COc1ccc(C[C@H](NC(=O)O[C@H]2CO[C@H]3OCC[C@H]32)[C@H](O)CN(CC(C)C)S(=O)(=O)c2ccc(OC)cc2)cc1)OC(C)C. The number of aliphatic hydroxyl groups is 1. The van der Waals surface area contributed by atoms with E-state index in [0.717, 1.165) is 0 Å². The maximum Gasteiger partial charge on any atom is 0.407 e. The van der Waals surface area contributed by atoms with Crippen LogP contribution in [0.3, 0.4) is 0 Å². The zero-order chi connectivity index (χ0) is 40.3. The Hall–Kier alpha value is -3.28. The average molecular weight is 815 g/mol. The molecule has 2 heterocycles. The van der Waals surface area contributed by atoms with Gasteiger partial charge in [0.2, 0.25) is 10.0 Å². The van der Waals surface area contributed by atoms with Gasteiger partial charge in [0.05, 0.1) is 56.0 Å². The molecule has 55 heavy (non-hydrogen) atoms. The Morgan fingerprint density at radius 1 is 0.982 bits per heavy atom. The second kappa shape index (κ2) is 20.2. The minimum absolute atomic E-state index is 0.0271. The number of benzene rings is 2. The summed E-state index contributed by atoms with van der Waals surface area (Å²) in [5, 5.41) is 14.5. The van der Waals surface area contributed by atoms with Crippen LogP contribution in [0.4, 0.5) is 4.79 Å². The third kappa shape index (κ3) is 12.9. The number of sulfonamides is 1. The Labute approximate surface area is 323 Å². The highest BCUT2D eigenvalue weighted by Gasteiger charge is 2.44. The monoisotopic (exact) mass is 814 g/mol. The number of hydrogen-bond acceptors (Lipinski definition) is 14. The van der Waals surface area contributed by atoms with E-state index in [1.54, 1.807) is 57.2 Å². The van der Waals surface area contributed by atoms with Gasteiger partial charge in [-0.3, -0.25) is 9.09 Å². The van der Waals surface area contributed by atoms with Gasteiger partial charge in [0.15, 0.2) is 18.7 Å². The molecule has 0 aliphatic carbocycles. The Balaban J connectivity index is 1.51. The van der Waals surface area contributed by atoms with Gasteiger partial charge >= 0.3 is 19.7 Å². The van der Waals surface area contributed by atoms with Gasteiger partial charge in [-0.15, -0.1) is 0 Å². The van der Waals surface area contributed by atoms with Gasteiger partial charge in [-0.1, -0.05) is 26.0 Å². The predicted molar refractivity (Wildman–Crippen MR) is 200 cm³/mol. The van der Waals surface area contributed by atoms with Crippen LogP contribution in [-0.2, 0) is 53.8 Å². The van der Waals surface area contributed by atoms with Gasteiger partial charge < -0.3 is 43.4 Å². The molecule has 2 aliphatic rings. The van der Waals surface area contributed by atoms with Crippen molar-refractivity contribution in [1.82, 2.24) is 9.62 Å². The lowest BCUT2D eigenvalue weighted by atomic mass is 10.0. The molecular weight excluding hydrogens is 759 g/mol. The highest BCUT2D eigenvalue weighted by molar-refractivity contribution is 7.89. The molecule has 0 spiro atoms. The van der Waals surface area contributed by atoms with Crippen LogP contribution in [0.2, 0.25) is 0 Å². The molecule has 2 aromatic carbocycles. The topological polar surface area (TPSA) is 195 Å². The molecular formula is C37H55N2O14PS. The van der Waals surface area contributed by atoms with Gasteiger partial charge in [-0.2, -0.15) is 4.31 Å². The predicted octanol–water partition coefficient (Wildman–Crippen LogP) is 4.72. The molecule has 2 aromatic rings. The number of amides is 1. The minimum atomic E-state index is -4.07. The van der Waals surface area contributed by atoms with Crippen molar-refractivity contribution >= 4 is 29.7 Å². The molecule has 0 aromatic heterocycles. The van der Waals surface area contributed by atoms with Crippen LogP contribution in [0.1, 0.15) is 53.5 Å². The van der Waals surface area contributed by atoms with E-state index in [1.807, 2.05) is 13.8 Å². The lowest BCUT2D eigenvalue weighted by Crippen LogP contribution is -2.51. The summed E-state index contributed by atoms with van der Waals surface area (Å²) in [6.45, 7) is 10.7. The van der Waals surface area contributed by atoms with Crippen molar-refractivity contribution in [3.63, 3.8) is 0 Å². The van der Waals surface area contributed by atoms with E-state index >= 15 is 0 Å². The van der Waals surface area contributed by atoms with Crippen molar-refractivity contribution in [1.29, 1.82) is 0 Å². The fourth-order valence-corrected chi connectivity index (χ4v) is 9.45. The molecule has 308 valence electrons. The highest BCUT2D eigenvalue weighted by Crippen LogP contribution is 2.50. The van der Waals surface area contributed by atoms with Gasteiger partial charge in [0.1, 0.15) is 17.6 Å². The largest absolute Gasteiger partial charge is 0.497 e. The van der Waals surface area contributed by atoms with Crippen LogP contribution in [0, 0.1) is 11.8 Å². The van der Waals surface area contributed by atoms with Gasteiger partial charge in [-0.25, -0.2) is 18.0 Å². The van der Waals surface area contributed by atoms with Gasteiger partial charge in [0.25, 0.3) is 0 Å². The second-order valence-electron chi connectivity index (χ2n) is 14.1. The molecule has 1 amide bonds. The van der Waals surface area contributed by atoms with E-state index in [0.29, 0.717) is 30.1 Å². The quantitative estimate of drug-likeness (QED) is 0.130. The zero-order valence-electron chi connectivity index (χ0n) is 32.5. The van der Waals surface area contributed by atoms with Crippen molar-refractivity contribution in [2.75, 3.05) is 46.4 Å². The first kappa shape index (κ1) is 44.4. The van der Waals surface area contributed by atoms with E-state index in [4.69, 9.17) is 37.5 Å². The number of carbonyl (C=O) groups excluding carboxylic acids is 2. The van der Waals surface area contributed by atoms with Crippen molar-refractivity contribution in [2.45, 2.75) is 96.0 Å². The number of rotatable bonds is 21. The van der Waals surface area contributed by atoms with Crippen molar-refractivity contribution < 1.29 is 65.1 Å². The number of hydrogen-bond donors (Lipinski definition) is 2. The van der Waals surface area contributed by atoms with Crippen LogP contribution in [-0.4, -0.2) is 113 Å². The van der Waals surface area contributed by atoms with Crippen molar-refractivity contribution in [3.8, 4) is 11.5 Å². The number of methoxy groups -OCH3 is 1. The summed E-state index contributed by atoms with van der Waals surface area (Å²) in [5.74, 6) is -0.0957. The number of nitrogens with one attached hydrogen (secondary N) is 1. The molecule has 0 radical (unpaired) electrons. The molecule has 4 rings (SSSR count). The van der Waals surface area contributed by atoms with E-state index in [1.165, 1.54) is 30.5 Å². The lowest BCUT2D eigenvalue weighted by molar-refractivity contribution is -0.151. The van der Waals surface area contributed by atoms with E-state index in [9.17, 15) is 27.7 Å². The maximum atomic E-state index is 13.9. The van der Waals surface area contributed by atoms with Crippen molar-refractivity contribution in [2.24, 2.45) is 11.8 Å². The number of fused-ring (bicyclic) bond motifs is 1. The summed E-state index contributed by atoms with van der Waals surface area (Å²) in [4.78, 5) is 25.5. The molecule has 16 nitrogen and oxygen atoms in total. The number of nitrogens with zero attached hydrogens (tertiary/aromatic N) is 1. The molecule has 7 atom stereocenters. The molecule has 1 unspecified atom stereocenters. The zero-order valence-corrected chi connectivity index (χ0v) is 34.2. The van der Waals surface area contributed by atoms with E-state index < -0.39 is 72.8 Å². The first-order chi connectivity index (χ1) is 26.0. The number of aliphatic hydroxyl groups excluding tert-OH is 1. The molecule has 2 N–H and O–H groups in total. The van der Waals surface area contributed by atoms with Crippen LogP contribution in [0.15, 0.2) is 53.4 Å². The molecule has 18 heteroatoms. The molecule has 2 fully saturated rings.